The molecule has 0 amide bonds. The third-order valence-electron chi connectivity index (χ3n) is 1.43. The maximum Gasteiger partial charge on any atom is 0.163 e. The van der Waals surface area contributed by atoms with Gasteiger partial charge in [0.1, 0.15) is 0 Å². The van der Waals surface area contributed by atoms with Gasteiger partial charge in [-0.1, -0.05) is 0 Å². The molecular formula is C6H16N4S. The lowest BCUT2D eigenvalue weighted by molar-refractivity contribution is 0.461. The van der Waals surface area contributed by atoms with E-state index in [9.17, 15) is 0 Å². The first-order valence-electron chi connectivity index (χ1n) is 3.58. The molecule has 0 radical (unpaired) electrons. The summed E-state index contributed by atoms with van der Waals surface area (Å²) < 4.78 is 0. The minimum atomic E-state index is 0.317. The molecule has 5 heteroatoms. The number of hydrogen-bond donors (Lipinski definition) is 4. The Kier molecular flexibility index (Phi) is 6.10. The molecule has 0 rings (SSSR count). The van der Waals surface area contributed by atoms with Crippen molar-refractivity contribution in [2.45, 2.75) is 12.6 Å². The van der Waals surface area contributed by atoms with Gasteiger partial charge < -0.3 is 21.7 Å². The van der Waals surface area contributed by atoms with Crippen LogP contribution in [0.3, 0.4) is 0 Å². The van der Waals surface area contributed by atoms with Gasteiger partial charge in [-0.25, -0.2) is 0 Å². The summed E-state index contributed by atoms with van der Waals surface area (Å²) in [7, 11) is 3.81. The molecule has 0 saturated heterocycles. The minimum absolute atomic E-state index is 0.317. The third-order valence-corrected chi connectivity index (χ3v) is 1.57. The Morgan fingerprint density at radius 3 is 2.36 bits per heavy atom. The number of nitrogens with two attached hydrogens (primary N) is 1. The van der Waals surface area contributed by atoms with E-state index >= 15 is 0 Å². The smallest absolute Gasteiger partial charge is 0.163 e. The minimum Gasteiger partial charge on any atom is -0.376 e. The highest BCUT2D eigenvalue weighted by atomic mass is 32.1. The second-order valence-electron chi connectivity index (χ2n) is 2.21. The molecule has 0 aromatic rings. The Morgan fingerprint density at radius 1 is 1.45 bits per heavy atom. The van der Waals surface area contributed by atoms with E-state index in [1.165, 1.54) is 0 Å². The summed E-state index contributed by atoms with van der Waals surface area (Å²) >= 11 is 4.65. The molecule has 66 valence electrons. The van der Waals surface area contributed by atoms with Gasteiger partial charge in [0.05, 0.1) is 6.17 Å². The molecule has 0 aliphatic rings. The molecular weight excluding hydrogens is 160 g/mol. The molecule has 0 bridgehead atoms. The summed E-state index contributed by atoms with van der Waals surface area (Å²) in [5, 5.41) is 9.41. The van der Waals surface area contributed by atoms with Crippen LogP contribution in [0.2, 0.25) is 0 Å². The molecule has 0 atom stereocenters. The van der Waals surface area contributed by atoms with Crippen LogP contribution in [-0.2, 0) is 0 Å². The lowest BCUT2D eigenvalue weighted by Gasteiger charge is -2.14. The molecule has 0 spiro atoms. The molecule has 11 heavy (non-hydrogen) atoms. The van der Waals surface area contributed by atoms with Gasteiger partial charge in [0, 0.05) is 6.54 Å². The number of hydrogen-bond acceptors (Lipinski definition) is 3. The van der Waals surface area contributed by atoms with Crippen molar-refractivity contribution in [1.82, 2.24) is 16.0 Å². The van der Waals surface area contributed by atoms with Crippen LogP contribution in [0.4, 0.5) is 0 Å². The zero-order valence-electron chi connectivity index (χ0n) is 6.98. The maximum atomic E-state index is 5.24. The number of nitrogens with one attached hydrogen (secondary N) is 3. The highest BCUT2D eigenvalue weighted by Crippen LogP contribution is 1.82. The van der Waals surface area contributed by atoms with Crippen LogP contribution in [0, 0.1) is 0 Å². The van der Waals surface area contributed by atoms with E-state index in [4.69, 9.17) is 5.73 Å². The Bertz CT molecular complexity index is 113. The van der Waals surface area contributed by atoms with Gasteiger partial charge in [0.15, 0.2) is 5.11 Å². The molecule has 4 nitrogen and oxygen atoms in total. The Morgan fingerprint density at radius 2 is 2.00 bits per heavy atom. The SMILES string of the molecule is CNC(CCNC(N)=S)NC. The lowest BCUT2D eigenvalue weighted by atomic mass is 10.3. The fourth-order valence-electron chi connectivity index (χ4n) is 0.773. The molecule has 0 aliphatic carbocycles. The van der Waals surface area contributed by atoms with E-state index < -0.39 is 0 Å². The fraction of sp³-hybridized carbons (Fsp3) is 0.833. The van der Waals surface area contributed by atoms with E-state index in [1.54, 1.807) is 0 Å². The first-order chi connectivity index (χ1) is 5.20. The molecule has 0 heterocycles. The predicted molar refractivity (Wildman–Crippen MR) is 51.3 cm³/mol. The number of rotatable bonds is 5. The van der Waals surface area contributed by atoms with Crippen LogP contribution in [0.15, 0.2) is 0 Å². The Balaban J connectivity index is 3.28. The van der Waals surface area contributed by atoms with Crippen LogP contribution in [0.5, 0.6) is 0 Å². The summed E-state index contributed by atoms with van der Waals surface area (Å²) in [6, 6.07) is 0. The van der Waals surface area contributed by atoms with E-state index in [1.807, 2.05) is 14.1 Å². The quantitative estimate of drug-likeness (QED) is 0.319. The van der Waals surface area contributed by atoms with E-state index in [0.29, 0.717) is 11.3 Å². The van der Waals surface area contributed by atoms with Crippen molar-refractivity contribution in [2.75, 3.05) is 20.6 Å². The summed E-state index contributed by atoms with van der Waals surface area (Å²) in [5.41, 5.74) is 5.24. The van der Waals surface area contributed by atoms with Crippen molar-refractivity contribution in [3.05, 3.63) is 0 Å². The van der Waals surface area contributed by atoms with Gasteiger partial charge in [-0.05, 0) is 32.7 Å². The fourth-order valence-corrected chi connectivity index (χ4v) is 0.875. The van der Waals surface area contributed by atoms with Crippen molar-refractivity contribution in [3.63, 3.8) is 0 Å². The molecule has 5 N–H and O–H groups in total. The van der Waals surface area contributed by atoms with Crippen LogP contribution in [0.1, 0.15) is 6.42 Å². The summed E-state index contributed by atoms with van der Waals surface area (Å²) in [6.45, 7) is 0.793. The van der Waals surface area contributed by atoms with Gasteiger partial charge in [0.2, 0.25) is 0 Å². The van der Waals surface area contributed by atoms with E-state index in [0.717, 1.165) is 13.0 Å². The highest BCUT2D eigenvalue weighted by molar-refractivity contribution is 7.80. The topological polar surface area (TPSA) is 62.1 Å². The summed E-state index contributed by atoms with van der Waals surface area (Å²) in [6.07, 6.45) is 1.27. The third kappa shape index (κ3) is 6.03. The van der Waals surface area contributed by atoms with Gasteiger partial charge >= 0.3 is 0 Å². The number of thiocarbonyl (C=S) groups is 1. The largest absolute Gasteiger partial charge is 0.376 e. The zero-order chi connectivity index (χ0) is 8.69. The summed E-state index contributed by atoms with van der Waals surface area (Å²) in [4.78, 5) is 0. The maximum absolute atomic E-state index is 5.24. The van der Waals surface area contributed by atoms with E-state index in [-0.39, 0.29) is 0 Å². The molecule has 0 aromatic heterocycles. The standard InChI is InChI=1S/C6H16N4S/c1-8-5(9-2)3-4-10-6(7)11/h5,8-9H,3-4H2,1-2H3,(H3,7,10,11). The van der Waals surface area contributed by atoms with Crippen LogP contribution in [-0.4, -0.2) is 31.9 Å². The van der Waals surface area contributed by atoms with Crippen molar-refractivity contribution < 1.29 is 0 Å². The molecule has 0 unspecified atom stereocenters. The monoisotopic (exact) mass is 176 g/mol. The average molecular weight is 176 g/mol. The normalized spacial score (nSPS) is 10.1. The van der Waals surface area contributed by atoms with Crippen molar-refractivity contribution in [2.24, 2.45) is 5.73 Å². The van der Waals surface area contributed by atoms with Crippen molar-refractivity contribution in [1.29, 1.82) is 0 Å². The second kappa shape index (κ2) is 6.33. The van der Waals surface area contributed by atoms with E-state index in [2.05, 4.69) is 28.2 Å². The van der Waals surface area contributed by atoms with Gasteiger partial charge in [-0.2, -0.15) is 0 Å². The molecule has 0 saturated carbocycles. The van der Waals surface area contributed by atoms with Crippen LogP contribution < -0.4 is 21.7 Å². The predicted octanol–water partition coefficient (Wildman–Crippen LogP) is -1.03. The van der Waals surface area contributed by atoms with Crippen LogP contribution >= 0.6 is 12.2 Å². The average Bonchev–Trinajstić information content (AvgIpc) is 1.98. The Labute approximate surface area is 72.9 Å². The van der Waals surface area contributed by atoms with Crippen molar-refractivity contribution >= 4 is 17.3 Å². The second-order valence-corrected chi connectivity index (χ2v) is 2.65. The van der Waals surface area contributed by atoms with Crippen molar-refractivity contribution in [3.8, 4) is 0 Å². The molecule has 0 aromatic carbocycles. The lowest BCUT2D eigenvalue weighted by Crippen LogP contribution is -2.41. The Hall–Kier alpha value is -0.390. The van der Waals surface area contributed by atoms with Gasteiger partial charge in [0.25, 0.3) is 0 Å². The highest BCUT2D eigenvalue weighted by Gasteiger charge is 1.99. The molecule has 0 aliphatic heterocycles. The van der Waals surface area contributed by atoms with Gasteiger partial charge in [-0.3, -0.25) is 0 Å². The summed E-state index contributed by atoms with van der Waals surface area (Å²) in [5.74, 6) is 0. The van der Waals surface area contributed by atoms with Gasteiger partial charge in [-0.15, -0.1) is 0 Å². The zero-order valence-corrected chi connectivity index (χ0v) is 7.79. The molecule has 0 fully saturated rings. The van der Waals surface area contributed by atoms with Crippen LogP contribution in [0.25, 0.3) is 0 Å². The first-order valence-corrected chi connectivity index (χ1v) is 3.99. The first kappa shape index (κ1) is 10.6.